The third-order valence-corrected chi connectivity index (χ3v) is 4.21. The Morgan fingerprint density at radius 1 is 1.17 bits per heavy atom. The van der Waals surface area contributed by atoms with Crippen molar-refractivity contribution in [2.45, 2.75) is 19.8 Å². The number of hydrogen-bond donors (Lipinski definition) is 2. The van der Waals surface area contributed by atoms with Gasteiger partial charge in [-0.3, -0.25) is 4.79 Å². The maximum Gasteiger partial charge on any atom is 0.220 e. The zero-order chi connectivity index (χ0) is 17.4. The molecule has 0 unspecified atom stereocenters. The van der Waals surface area contributed by atoms with Gasteiger partial charge >= 0.3 is 0 Å². The van der Waals surface area contributed by atoms with Crippen LogP contribution in [0.15, 0.2) is 48.5 Å². The Bertz CT molecular complexity index is 708. The van der Waals surface area contributed by atoms with Gasteiger partial charge in [-0.05, 0) is 48.2 Å². The van der Waals surface area contributed by atoms with Gasteiger partial charge in [0.15, 0.2) is 0 Å². The molecule has 2 N–H and O–H groups in total. The van der Waals surface area contributed by atoms with E-state index in [9.17, 15) is 4.79 Å². The third kappa shape index (κ3) is 5.74. The Morgan fingerprint density at radius 2 is 1.92 bits per heavy atom. The Labute approximate surface area is 148 Å². The zero-order valence-corrected chi connectivity index (χ0v) is 14.9. The minimum Gasteiger partial charge on any atom is -0.388 e. The Balaban J connectivity index is 1.72. The molecule has 2 rings (SSSR count). The molecule has 24 heavy (non-hydrogen) atoms. The van der Waals surface area contributed by atoms with E-state index in [-0.39, 0.29) is 5.91 Å². The number of amides is 1. The van der Waals surface area contributed by atoms with Crippen LogP contribution in [0.2, 0.25) is 5.02 Å². The SMILES string of the molecule is CNc1ccc(CCC(=O)NC/C=C/c2ccc(C)c(Cl)c2)cc1. The largest absolute Gasteiger partial charge is 0.388 e. The van der Waals surface area contributed by atoms with Crippen molar-refractivity contribution < 1.29 is 4.79 Å². The highest BCUT2D eigenvalue weighted by atomic mass is 35.5. The quantitative estimate of drug-likeness (QED) is 0.780. The monoisotopic (exact) mass is 342 g/mol. The fourth-order valence-electron chi connectivity index (χ4n) is 2.26. The molecule has 0 fully saturated rings. The van der Waals surface area contributed by atoms with E-state index in [0.29, 0.717) is 13.0 Å². The fourth-order valence-corrected chi connectivity index (χ4v) is 2.45. The van der Waals surface area contributed by atoms with E-state index >= 15 is 0 Å². The first kappa shape index (κ1) is 18.1. The normalized spacial score (nSPS) is 10.8. The third-order valence-electron chi connectivity index (χ3n) is 3.81. The molecule has 0 saturated heterocycles. The van der Waals surface area contributed by atoms with Gasteiger partial charge in [-0.25, -0.2) is 0 Å². The first-order valence-corrected chi connectivity index (χ1v) is 8.42. The van der Waals surface area contributed by atoms with Crippen molar-refractivity contribution in [3.63, 3.8) is 0 Å². The molecule has 0 saturated carbocycles. The first-order valence-electron chi connectivity index (χ1n) is 8.04. The molecular weight excluding hydrogens is 320 g/mol. The van der Waals surface area contributed by atoms with E-state index in [2.05, 4.69) is 10.6 Å². The smallest absolute Gasteiger partial charge is 0.220 e. The molecular formula is C20H23ClN2O. The number of carbonyl (C=O) groups is 1. The van der Waals surface area contributed by atoms with Gasteiger partial charge in [0.25, 0.3) is 0 Å². The van der Waals surface area contributed by atoms with E-state index in [1.165, 1.54) is 0 Å². The predicted octanol–water partition coefficient (Wildman–Crippen LogP) is 4.45. The molecule has 2 aromatic rings. The van der Waals surface area contributed by atoms with Crippen molar-refractivity contribution in [2.75, 3.05) is 18.9 Å². The number of rotatable bonds is 7. The average Bonchev–Trinajstić information content (AvgIpc) is 2.60. The molecule has 4 heteroatoms. The lowest BCUT2D eigenvalue weighted by atomic mass is 10.1. The summed E-state index contributed by atoms with van der Waals surface area (Å²) in [4.78, 5) is 11.9. The lowest BCUT2D eigenvalue weighted by molar-refractivity contribution is -0.120. The van der Waals surface area contributed by atoms with Gasteiger partial charge in [0.2, 0.25) is 5.91 Å². The van der Waals surface area contributed by atoms with Gasteiger partial charge in [0, 0.05) is 30.7 Å². The molecule has 0 aliphatic rings. The Kier molecular flexibility index (Phi) is 6.89. The highest BCUT2D eigenvalue weighted by molar-refractivity contribution is 6.31. The fraction of sp³-hybridized carbons (Fsp3) is 0.250. The second-order valence-electron chi connectivity index (χ2n) is 5.66. The van der Waals surface area contributed by atoms with Gasteiger partial charge in [-0.2, -0.15) is 0 Å². The minimum atomic E-state index is 0.0549. The second kappa shape index (κ2) is 9.14. The zero-order valence-electron chi connectivity index (χ0n) is 14.1. The van der Waals surface area contributed by atoms with Crippen LogP contribution >= 0.6 is 11.6 Å². The number of anilines is 1. The molecule has 0 aromatic heterocycles. The van der Waals surface area contributed by atoms with Gasteiger partial charge in [0.1, 0.15) is 0 Å². The number of halogens is 1. The van der Waals surface area contributed by atoms with Gasteiger partial charge in [-0.1, -0.05) is 48.0 Å². The van der Waals surface area contributed by atoms with E-state index in [0.717, 1.165) is 33.8 Å². The van der Waals surface area contributed by atoms with Gasteiger partial charge in [-0.15, -0.1) is 0 Å². The van der Waals surface area contributed by atoms with Crippen molar-refractivity contribution in [3.8, 4) is 0 Å². The van der Waals surface area contributed by atoms with Crippen LogP contribution in [0.5, 0.6) is 0 Å². The molecule has 0 atom stereocenters. The topological polar surface area (TPSA) is 41.1 Å². The van der Waals surface area contributed by atoms with Crippen molar-refractivity contribution in [1.82, 2.24) is 5.32 Å². The predicted molar refractivity (Wildman–Crippen MR) is 103 cm³/mol. The lowest BCUT2D eigenvalue weighted by Gasteiger charge is -2.05. The van der Waals surface area contributed by atoms with Crippen LogP contribution in [-0.2, 0) is 11.2 Å². The summed E-state index contributed by atoms with van der Waals surface area (Å²) in [6.45, 7) is 2.49. The molecule has 3 nitrogen and oxygen atoms in total. The summed E-state index contributed by atoms with van der Waals surface area (Å²) in [5.41, 5.74) is 4.33. The standard InChI is InChI=1S/C20H23ClN2O/c1-15-5-6-17(14-19(15)21)4-3-13-23-20(24)12-9-16-7-10-18(22-2)11-8-16/h3-8,10-11,14,22H,9,12-13H2,1-2H3,(H,23,24)/b4-3+. The number of aryl methyl sites for hydroxylation is 2. The van der Waals surface area contributed by atoms with E-state index in [1.54, 1.807) is 0 Å². The van der Waals surface area contributed by atoms with Gasteiger partial charge in [0.05, 0.1) is 0 Å². The second-order valence-corrected chi connectivity index (χ2v) is 6.07. The van der Waals surface area contributed by atoms with Crippen LogP contribution in [0.4, 0.5) is 5.69 Å². The summed E-state index contributed by atoms with van der Waals surface area (Å²) < 4.78 is 0. The van der Waals surface area contributed by atoms with Crippen LogP contribution in [-0.4, -0.2) is 19.5 Å². The molecule has 0 radical (unpaired) electrons. The lowest BCUT2D eigenvalue weighted by Crippen LogP contribution is -2.23. The molecule has 126 valence electrons. The summed E-state index contributed by atoms with van der Waals surface area (Å²) in [5.74, 6) is 0.0549. The van der Waals surface area contributed by atoms with Crippen LogP contribution in [0, 0.1) is 6.92 Å². The number of benzene rings is 2. The highest BCUT2D eigenvalue weighted by Gasteiger charge is 2.01. The maximum atomic E-state index is 11.9. The van der Waals surface area contributed by atoms with Crippen molar-refractivity contribution in [3.05, 3.63) is 70.3 Å². The highest BCUT2D eigenvalue weighted by Crippen LogP contribution is 2.17. The van der Waals surface area contributed by atoms with Crippen LogP contribution in [0.1, 0.15) is 23.1 Å². The number of carbonyl (C=O) groups excluding carboxylic acids is 1. The summed E-state index contributed by atoms with van der Waals surface area (Å²) in [6, 6.07) is 14.0. The molecule has 2 aromatic carbocycles. The number of hydrogen-bond acceptors (Lipinski definition) is 2. The van der Waals surface area contributed by atoms with Crippen LogP contribution in [0.25, 0.3) is 6.08 Å². The van der Waals surface area contributed by atoms with Crippen LogP contribution < -0.4 is 10.6 Å². The van der Waals surface area contributed by atoms with E-state index < -0.39 is 0 Å². The molecule has 0 heterocycles. The minimum absolute atomic E-state index is 0.0549. The average molecular weight is 343 g/mol. The molecule has 0 aliphatic heterocycles. The number of nitrogens with one attached hydrogen (secondary N) is 2. The Morgan fingerprint density at radius 3 is 2.58 bits per heavy atom. The molecule has 1 amide bonds. The van der Waals surface area contributed by atoms with Crippen molar-refractivity contribution >= 4 is 29.3 Å². The van der Waals surface area contributed by atoms with E-state index in [1.807, 2.05) is 68.6 Å². The summed E-state index contributed by atoms with van der Waals surface area (Å²) in [7, 11) is 1.89. The molecule has 0 spiro atoms. The Hall–Kier alpha value is -2.26. The maximum absolute atomic E-state index is 11.9. The molecule has 0 bridgehead atoms. The van der Waals surface area contributed by atoms with Crippen LogP contribution in [0.3, 0.4) is 0 Å². The summed E-state index contributed by atoms with van der Waals surface area (Å²) >= 11 is 6.09. The summed E-state index contributed by atoms with van der Waals surface area (Å²) in [6.07, 6.45) is 5.12. The van der Waals surface area contributed by atoms with E-state index in [4.69, 9.17) is 11.6 Å². The molecule has 0 aliphatic carbocycles. The first-order chi connectivity index (χ1) is 11.6. The van der Waals surface area contributed by atoms with Gasteiger partial charge < -0.3 is 10.6 Å². The van der Waals surface area contributed by atoms with Crippen molar-refractivity contribution in [2.24, 2.45) is 0 Å². The summed E-state index contributed by atoms with van der Waals surface area (Å²) in [5, 5.41) is 6.73. The van der Waals surface area contributed by atoms with Crippen molar-refractivity contribution in [1.29, 1.82) is 0 Å².